The van der Waals surface area contributed by atoms with E-state index >= 15 is 0 Å². The second-order valence-electron chi connectivity index (χ2n) is 6.35. The molecule has 0 N–H and O–H groups in total. The van der Waals surface area contributed by atoms with Crippen LogP contribution in [0.2, 0.25) is 0 Å². The van der Waals surface area contributed by atoms with Gasteiger partial charge in [0.15, 0.2) is 6.61 Å². The van der Waals surface area contributed by atoms with Gasteiger partial charge in [-0.15, -0.1) is 0 Å². The second-order valence-corrected chi connectivity index (χ2v) is 6.35. The topological polar surface area (TPSA) is 52.6 Å². The number of benzene rings is 2. The van der Waals surface area contributed by atoms with Crippen molar-refractivity contribution >= 4 is 11.8 Å². The van der Waals surface area contributed by atoms with Crippen LogP contribution in [0.3, 0.4) is 0 Å². The van der Waals surface area contributed by atoms with Gasteiger partial charge in [0.25, 0.3) is 0 Å². The molecule has 3 rings (SSSR count). The molecule has 0 radical (unpaired) electrons. The summed E-state index contributed by atoms with van der Waals surface area (Å²) in [6.45, 7) is -0.270. The van der Waals surface area contributed by atoms with Crippen LogP contribution in [0.1, 0.15) is 41.6 Å². The van der Waals surface area contributed by atoms with E-state index in [0.717, 1.165) is 31.2 Å². The molecule has 25 heavy (non-hydrogen) atoms. The third kappa shape index (κ3) is 3.43. The third-order valence-corrected chi connectivity index (χ3v) is 4.92. The Kier molecular flexibility index (Phi) is 5.17. The van der Waals surface area contributed by atoms with E-state index < -0.39 is 5.41 Å². The van der Waals surface area contributed by atoms with Gasteiger partial charge in [0.2, 0.25) is 5.78 Å². The molecule has 1 fully saturated rings. The lowest BCUT2D eigenvalue weighted by atomic mass is 9.79. The van der Waals surface area contributed by atoms with Crippen LogP contribution < -0.4 is 4.74 Å². The molecule has 0 aromatic heterocycles. The predicted octanol–water partition coefficient (Wildman–Crippen LogP) is 3.93. The summed E-state index contributed by atoms with van der Waals surface area (Å²) in [6, 6.07) is 16.7. The lowest BCUT2D eigenvalue weighted by Crippen LogP contribution is -2.35. The number of carbonyl (C=O) groups excluding carboxylic acids is 2. The van der Waals surface area contributed by atoms with Crippen LogP contribution in [-0.2, 0) is 14.9 Å². The molecule has 0 saturated heterocycles. The third-order valence-electron chi connectivity index (χ3n) is 4.92. The van der Waals surface area contributed by atoms with Gasteiger partial charge in [-0.2, -0.15) is 0 Å². The summed E-state index contributed by atoms with van der Waals surface area (Å²) >= 11 is 0. The minimum absolute atomic E-state index is 0.257. The second kappa shape index (κ2) is 7.51. The molecule has 1 saturated carbocycles. The SMILES string of the molecule is COc1ccccc1C(=O)COC(=O)C1(c2ccccc2)CCCC1. The van der Waals surface area contributed by atoms with E-state index in [1.54, 1.807) is 24.3 Å². The molecule has 0 unspecified atom stereocenters. The largest absolute Gasteiger partial charge is 0.496 e. The van der Waals surface area contributed by atoms with Crippen molar-refractivity contribution in [2.24, 2.45) is 0 Å². The van der Waals surface area contributed by atoms with Gasteiger partial charge in [-0.25, -0.2) is 0 Å². The minimum atomic E-state index is -0.623. The van der Waals surface area contributed by atoms with Gasteiger partial charge in [0, 0.05) is 0 Å². The molecule has 2 aromatic rings. The van der Waals surface area contributed by atoms with Crippen molar-refractivity contribution in [3.05, 3.63) is 65.7 Å². The summed E-state index contributed by atoms with van der Waals surface area (Å²) in [6.07, 6.45) is 3.51. The molecule has 2 aromatic carbocycles. The minimum Gasteiger partial charge on any atom is -0.496 e. The maximum Gasteiger partial charge on any atom is 0.317 e. The molecule has 1 aliphatic carbocycles. The molecule has 0 atom stereocenters. The van der Waals surface area contributed by atoms with Gasteiger partial charge in [0.1, 0.15) is 5.75 Å². The summed E-state index contributed by atoms with van der Waals surface area (Å²) in [4.78, 5) is 25.3. The molecular formula is C21H22O4. The Morgan fingerprint density at radius 3 is 2.28 bits per heavy atom. The van der Waals surface area contributed by atoms with Gasteiger partial charge in [-0.05, 0) is 30.5 Å². The van der Waals surface area contributed by atoms with E-state index in [1.165, 1.54) is 7.11 Å². The first-order valence-corrected chi connectivity index (χ1v) is 8.56. The zero-order chi connectivity index (χ0) is 17.7. The Bertz CT molecular complexity index is 746. The van der Waals surface area contributed by atoms with Gasteiger partial charge in [0.05, 0.1) is 18.1 Å². The maximum absolute atomic E-state index is 12.9. The van der Waals surface area contributed by atoms with Crippen LogP contribution in [-0.4, -0.2) is 25.5 Å². The van der Waals surface area contributed by atoms with Crippen molar-refractivity contribution in [2.45, 2.75) is 31.1 Å². The number of rotatable bonds is 6. The highest BCUT2D eigenvalue weighted by Gasteiger charge is 2.44. The summed E-state index contributed by atoms with van der Waals surface area (Å²) in [5.74, 6) is -0.0753. The summed E-state index contributed by atoms with van der Waals surface area (Å²) in [5, 5.41) is 0. The van der Waals surface area contributed by atoms with E-state index in [0.29, 0.717) is 11.3 Å². The van der Waals surface area contributed by atoms with E-state index in [4.69, 9.17) is 9.47 Å². The highest BCUT2D eigenvalue weighted by atomic mass is 16.5. The smallest absolute Gasteiger partial charge is 0.317 e. The van der Waals surface area contributed by atoms with E-state index in [2.05, 4.69) is 0 Å². The normalized spacial score (nSPS) is 15.6. The fourth-order valence-corrected chi connectivity index (χ4v) is 3.57. The Labute approximate surface area is 147 Å². The van der Waals surface area contributed by atoms with Crippen molar-refractivity contribution in [1.29, 1.82) is 0 Å². The predicted molar refractivity (Wildman–Crippen MR) is 94.9 cm³/mol. The first kappa shape index (κ1) is 17.2. The molecule has 0 heterocycles. The van der Waals surface area contributed by atoms with E-state index in [9.17, 15) is 9.59 Å². The summed E-state index contributed by atoms with van der Waals surface area (Å²) in [7, 11) is 1.51. The quantitative estimate of drug-likeness (QED) is 0.591. The number of hydrogen-bond acceptors (Lipinski definition) is 4. The van der Waals surface area contributed by atoms with Crippen molar-refractivity contribution in [3.8, 4) is 5.75 Å². The number of esters is 1. The van der Waals surface area contributed by atoms with Crippen LogP contribution in [0.4, 0.5) is 0 Å². The maximum atomic E-state index is 12.9. The molecule has 4 heteroatoms. The zero-order valence-electron chi connectivity index (χ0n) is 14.4. The van der Waals surface area contributed by atoms with Crippen LogP contribution in [0, 0.1) is 0 Å². The van der Waals surface area contributed by atoms with Crippen molar-refractivity contribution in [2.75, 3.05) is 13.7 Å². The van der Waals surface area contributed by atoms with Crippen LogP contribution in [0.25, 0.3) is 0 Å². The van der Waals surface area contributed by atoms with Gasteiger partial charge in [-0.1, -0.05) is 55.3 Å². The number of Topliss-reactive ketones (excluding diaryl/α,β-unsaturated/α-hetero) is 1. The molecule has 0 aliphatic heterocycles. The first-order valence-electron chi connectivity index (χ1n) is 8.56. The van der Waals surface area contributed by atoms with Gasteiger partial charge < -0.3 is 9.47 Å². The van der Waals surface area contributed by atoms with Gasteiger partial charge >= 0.3 is 5.97 Å². The number of para-hydroxylation sites is 1. The lowest BCUT2D eigenvalue weighted by Gasteiger charge is -2.27. The van der Waals surface area contributed by atoms with Crippen molar-refractivity contribution in [3.63, 3.8) is 0 Å². The standard InChI is InChI=1S/C21H22O4/c1-24-19-12-6-5-11-17(19)18(22)15-25-20(23)21(13-7-8-14-21)16-9-3-2-4-10-16/h2-6,9-12H,7-8,13-15H2,1H3. The number of methoxy groups -OCH3 is 1. The average Bonchev–Trinajstić information content (AvgIpc) is 3.17. The first-order chi connectivity index (χ1) is 12.2. The molecular weight excluding hydrogens is 316 g/mol. The fraction of sp³-hybridized carbons (Fsp3) is 0.333. The average molecular weight is 338 g/mol. The molecule has 0 bridgehead atoms. The summed E-state index contributed by atoms with van der Waals surface area (Å²) in [5.41, 5.74) is 0.780. The lowest BCUT2D eigenvalue weighted by molar-refractivity contribution is -0.149. The Balaban J connectivity index is 1.74. The molecule has 0 amide bonds. The Morgan fingerprint density at radius 1 is 0.960 bits per heavy atom. The Hall–Kier alpha value is -2.62. The van der Waals surface area contributed by atoms with Crippen molar-refractivity contribution < 1.29 is 19.1 Å². The zero-order valence-corrected chi connectivity index (χ0v) is 14.4. The molecule has 130 valence electrons. The molecule has 1 aliphatic rings. The number of hydrogen-bond donors (Lipinski definition) is 0. The highest BCUT2D eigenvalue weighted by Crippen LogP contribution is 2.42. The highest BCUT2D eigenvalue weighted by molar-refractivity contribution is 6.00. The van der Waals surface area contributed by atoms with Crippen molar-refractivity contribution in [1.82, 2.24) is 0 Å². The summed E-state index contributed by atoms with van der Waals surface area (Å²) < 4.78 is 10.7. The molecule has 0 spiro atoms. The number of ether oxygens (including phenoxy) is 2. The molecule has 4 nitrogen and oxygen atoms in total. The van der Waals surface area contributed by atoms with Crippen LogP contribution in [0.5, 0.6) is 5.75 Å². The monoisotopic (exact) mass is 338 g/mol. The fourth-order valence-electron chi connectivity index (χ4n) is 3.57. The van der Waals surface area contributed by atoms with Crippen LogP contribution >= 0.6 is 0 Å². The Morgan fingerprint density at radius 2 is 1.60 bits per heavy atom. The van der Waals surface area contributed by atoms with E-state index in [1.807, 2.05) is 30.3 Å². The number of carbonyl (C=O) groups is 2. The van der Waals surface area contributed by atoms with E-state index in [-0.39, 0.29) is 18.4 Å². The number of ketones is 1. The van der Waals surface area contributed by atoms with Crippen LogP contribution in [0.15, 0.2) is 54.6 Å². The van der Waals surface area contributed by atoms with Gasteiger partial charge in [-0.3, -0.25) is 9.59 Å².